The molecule has 7 nitrogen and oxygen atoms in total. The molecular formula is C17H18N4O3. The van der Waals surface area contributed by atoms with Crippen LogP contribution < -0.4 is 19.7 Å². The van der Waals surface area contributed by atoms with E-state index in [0.717, 1.165) is 37.2 Å². The van der Waals surface area contributed by atoms with Gasteiger partial charge < -0.3 is 19.7 Å². The molecule has 0 aliphatic carbocycles. The summed E-state index contributed by atoms with van der Waals surface area (Å²) in [6.45, 7) is 2.54. The number of amides is 1. The van der Waals surface area contributed by atoms with E-state index >= 15 is 0 Å². The van der Waals surface area contributed by atoms with E-state index in [1.54, 1.807) is 12.3 Å². The van der Waals surface area contributed by atoms with Crippen molar-refractivity contribution >= 4 is 11.9 Å². The highest BCUT2D eigenvalue weighted by atomic mass is 16.7. The highest BCUT2D eigenvalue weighted by Crippen LogP contribution is 2.32. The van der Waals surface area contributed by atoms with E-state index in [9.17, 15) is 4.79 Å². The van der Waals surface area contributed by atoms with Crippen LogP contribution in [0.3, 0.4) is 0 Å². The average Bonchev–Trinajstić information content (AvgIpc) is 3.30. The van der Waals surface area contributed by atoms with Gasteiger partial charge in [-0.15, -0.1) is 0 Å². The largest absolute Gasteiger partial charge is 0.454 e. The summed E-state index contributed by atoms with van der Waals surface area (Å²) in [5.74, 6) is 1.86. The molecule has 7 heteroatoms. The van der Waals surface area contributed by atoms with Crippen molar-refractivity contribution in [3.05, 3.63) is 41.7 Å². The van der Waals surface area contributed by atoms with Gasteiger partial charge >= 0.3 is 0 Å². The summed E-state index contributed by atoms with van der Waals surface area (Å²) in [5.41, 5.74) is 1.33. The molecule has 1 amide bonds. The van der Waals surface area contributed by atoms with Crippen molar-refractivity contribution in [2.24, 2.45) is 0 Å². The monoisotopic (exact) mass is 326 g/mol. The van der Waals surface area contributed by atoms with E-state index in [1.807, 2.05) is 18.2 Å². The Hall–Kier alpha value is -2.83. The van der Waals surface area contributed by atoms with Gasteiger partial charge in [0.25, 0.3) is 5.91 Å². The fourth-order valence-electron chi connectivity index (χ4n) is 2.87. The van der Waals surface area contributed by atoms with Gasteiger partial charge in [-0.1, -0.05) is 6.07 Å². The number of ether oxygens (including phenoxy) is 2. The lowest BCUT2D eigenvalue weighted by atomic mass is 10.2. The van der Waals surface area contributed by atoms with Crippen molar-refractivity contribution in [3.63, 3.8) is 0 Å². The molecule has 1 N–H and O–H groups in total. The third-order valence-corrected chi connectivity index (χ3v) is 4.15. The smallest absolute Gasteiger partial charge is 0.270 e. The van der Waals surface area contributed by atoms with Crippen molar-refractivity contribution in [1.29, 1.82) is 0 Å². The van der Waals surface area contributed by atoms with Crippen LogP contribution in [0.1, 0.15) is 28.9 Å². The summed E-state index contributed by atoms with van der Waals surface area (Å²) in [4.78, 5) is 23.1. The number of carbonyl (C=O) groups is 1. The Kier molecular flexibility index (Phi) is 3.90. The van der Waals surface area contributed by atoms with E-state index in [1.165, 1.54) is 0 Å². The van der Waals surface area contributed by atoms with Gasteiger partial charge in [0, 0.05) is 25.8 Å². The number of carbonyl (C=O) groups excluding carboxylic acids is 1. The Labute approximate surface area is 139 Å². The summed E-state index contributed by atoms with van der Waals surface area (Å²) >= 11 is 0. The molecule has 0 spiro atoms. The van der Waals surface area contributed by atoms with Gasteiger partial charge in [0.05, 0.1) is 0 Å². The van der Waals surface area contributed by atoms with Crippen molar-refractivity contribution in [3.8, 4) is 11.5 Å². The zero-order chi connectivity index (χ0) is 16.4. The number of hydrogen-bond donors (Lipinski definition) is 1. The Bertz CT molecular complexity index is 759. The molecule has 0 bridgehead atoms. The maximum Gasteiger partial charge on any atom is 0.270 e. The normalized spacial score (nSPS) is 15.6. The highest BCUT2D eigenvalue weighted by Gasteiger charge is 2.17. The van der Waals surface area contributed by atoms with Gasteiger partial charge in [0.2, 0.25) is 12.7 Å². The zero-order valence-corrected chi connectivity index (χ0v) is 13.2. The van der Waals surface area contributed by atoms with Crippen LogP contribution in [0.15, 0.2) is 30.5 Å². The minimum atomic E-state index is -0.212. The van der Waals surface area contributed by atoms with E-state index in [0.29, 0.717) is 23.9 Å². The molecule has 24 heavy (non-hydrogen) atoms. The van der Waals surface area contributed by atoms with Gasteiger partial charge in [-0.05, 0) is 36.6 Å². The lowest BCUT2D eigenvalue weighted by molar-refractivity contribution is 0.0945. The van der Waals surface area contributed by atoms with Crippen molar-refractivity contribution < 1.29 is 14.3 Å². The van der Waals surface area contributed by atoms with E-state index in [-0.39, 0.29) is 12.7 Å². The van der Waals surface area contributed by atoms with Crippen LogP contribution in [0.5, 0.6) is 11.5 Å². The molecule has 0 radical (unpaired) electrons. The minimum absolute atomic E-state index is 0.212. The number of nitrogens with zero attached hydrogens (tertiary/aromatic N) is 3. The zero-order valence-electron chi connectivity index (χ0n) is 13.2. The number of nitrogens with one attached hydrogen (secondary N) is 1. The summed E-state index contributed by atoms with van der Waals surface area (Å²) in [7, 11) is 0. The van der Waals surface area contributed by atoms with Crippen molar-refractivity contribution in [2.75, 3.05) is 24.8 Å². The van der Waals surface area contributed by atoms with Gasteiger partial charge in [0.1, 0.15) is 5.69 Å². The number of hydrogen-bond acceptors (Lipinski definition) is 6. The first kappa shape index (κ1) is 14.7. The lowest BCUT2D eigenvalue weighted by Gasteiger charge is -2.15. The number of anilines is 1. The van der Waals surface area contributed by atoms with Gasteiger partial charge in [-0.3, -0.25) is 4.79 Å². The molecule has 0 saturated carbocycles. The predicted molar refractivity (Wildman–Crippen MR) is 87.2 cm³/mol. The Morgan fingerprint density at radius 3 is 2.88 bits per heavy atom. The lowest BCUT2D eigenvalue weighted by Crippen LogP contribution is -2.26. The van der Waals surface area contributed by atoms with Crippen LogP contribution in [-0.4, -0.2) is 35.8 Å². The quantitative estimate of drug-likeness (QED) is 0.922. The highest BCUT2D eigenvalue weighted by molar-refractivity contribution is 5.92. The third-order valence-electron chi connectivity index (χ3n) is 4.15. The molecule has 2 aliphatic rings. The maximum atomic E-state index is 12.3. The molecule has 2 aromatic rings. The topological polar surface area (TPSA) is 76.6 Å². The van der Waals surface area contributed by atoms with E-state index in [4.69, 9.17) is 9.47 Å². The molecule has 1 saturated heterocycles. The molecule has 124 valence electrons. The second kappa shape index (κ2) is 6.35. The van der Waals surface area contributed by atoms with Gasteiger partial charge in [-0.25, -0.2) is 9.97 Å². The number of aromatic nitrogens is 2. The van der Waals surface area contributed by atoms with Crippen molar-refractivity contribution in [2.45, 2.75) is 19.4 Å². The maximum absolute atomic E-state index is 12.3. The first-order valence-electron chi connectivity index (χ1n) is 8.04. The average molecular weight is 326 g/mol. The minimum Gasteiger partial charge on any atom is -0.454 e. The van der Waals surface area contributed by atoms with Crippen LogP contribution in [0.25, 0.3) is 0 Å². The molecule has 3 heterocycles. The molecule has 4 rings (SSSR count). The number of fused-ring (bicyclic) bond motifs is 1. The Morgan fingerprint density at radius 1 is 1.17 bits per heavy atom. The summed E-state index contributed by atoms with van der Waals surface area (Å²) in [6, 6.07) is 7.26. The summed E-state index contributed by atoms with van der Waals surface area (Å²) in [5, 5.41) is 2.88. The van der Waals surface area contributed by atoms with E-state index < -0.39 is 0 Å². The number of rotatable bonds is 4. The molecule has 0 unspecified atom stereocenters. The Balaban J connectivity index is 1.41. The fraction of sp³-hybridized carbons (Fsp3) is 0.353. The summed E-state index contributed by atoms with van der Waals surface area (Å²) < 4.78 is 10.6. The molecular weight excluding hydrogens is 308 g/mol. The number of benzene rings is 1. The van der Waals surface area contributed by atoms with Gasteiger partial charge in [-0.2, -0.15) is 0 Å². The van der Waals surface area contributed by atoms with Crippen LogP contribution in [-0.2, 0) is 6.54 Å². The summed E-state index contributed by atoms with van der Waals surface area (Å²) in [6.07, 6.45) is 3.92. The van der Waals surface area contributed by atoms with Crippen LogP contribution >= 0.6 is 0 Å². The third kappa shape index (κ3) is 2.97. The standard InChI is InChI=1S/C17H18N4O3/c22-16(13-5-6-18-17(20-13)21-7-1-2-8-21)19-10-12-3-4-14-15(9-12)24-11-23-14/h3-6,9H,1-2,7-8,10-11H2,(H,19,22). The first-order valence-corrected chi connectivity index (χ1v) is 8.04. The molecule has 1 aromatic carbocycles. The first-order chi connectivity index (χ1) is 11.8. The second-order valence-electron chi connectivity index (χ2n) is 5.81. The molecule has 1 aromatic heterocycles. The van der Waals surface area contributed by atoms with Gasteiger partial charge in [0.15, 0.2) is 11.5 Å². The SMILES string of the molecule is O=C(NCc1ccc2c(c1)OCO2)c1ccnc(N2CCCC2)n1. The Morgan fingerprint density at radius 2 is 2.00 bits per heavy atom. The van der Waals surface area contributed by atoms with Crippen LogP contribution in [0.2, 0.25) is 0 Å². The second-order valence-corrected chi connectivity index (χ2v) is 5.81. The van der Waals surface area contributed by atoms with E-state index in [2.05, 4.69) is 20.2 Å². The van der Waals surface area contributed by atoms with Crippen molar-refractivity contribution in [1.82, 2.24) is 15.3 Å². The van der Waals surface area contributed by atoms with Crippen LogP contribution in [0, 0.1) is 0 Å². The molecule has 2 aliphatic heterocycles. The molecule has 1 fully saturated rings. The molecule has 0 atom stereocenters. The fourth-order valence-corrected chi connectivity index (χ4v) is 2.87. The van der Waals surface area contributed by atoms with Crippen LogP contribution in [0.4, 0.5) is 5.95 Å². The predicted octanol–water partition coefficient (Wildman–Crippen LogP) is 1.74.